The van der Waals surface area contributed by atoms with E-state index in [9.17, 15) is 4.79 Å². The van der Waals surface area contributed by atoms with Crippen LogP contribution < -0.4 is 10.2 Å². The zero-order chi connectivity index (χ0) is 15.4. The SMILES string of the molecule is Cc1csc(NC(=O)CN2CCN(c3ccccn3)CC2)n1. The van der Waals surface area contributed by atoms with Crippen molar-refractivity contribution < 1.29 is 4.79 Å². The number of nitrogens with zero attached hydrogens (tertiary/aromatic N) is 4. The molecule has 6 nitrogen and oxygen atoms in total. The molecule has 1 aliphatic heterocycles. The van der Waals surface area contributed by atoms with Gasteiger partial charge < -0.3 is 10.2 Å². The minimum Gasteiger partial charge on any atom is -0.354 e. The number of aryl methyl sites for hydroxylation is 1. The first-order chi connectivity index (χ1) is 10.7. The molecule has 22 heavy (non-hydrogen) atoms. The number of hydrogen-bond donors (Lipinski definition) is 1. The van der Waals surface area contributed by atoms with Crippen LogP contribution in [-0.2, 0) is 4.79 Å². The number of rotatable bonds is 4. The van der Waals surface area contributed by atoms with Gasteiger partial charge in [0.1, 0.15) is 5.82 Å². The molecule has 0 spiro atoms. The Morgan fingerprint density at radius 3 is 2.77 bits per heavy atom. The highest BCUT2D eigenvalue weighted by molar-refractivity contribution is 7.13. The Hall–Kier alpha value is -1.99. The van der Waals surface area contributed by atoms with Crippen LogP contribution >= 0.6 is 11.3 Å². The van der Waals surface area contributed by atoms with E-state index < -0.39 is 0 Å². The largest absolute Gasteiger partial charge is 0.354 e. The van der Waals surface area contributed by atoms with Gasteiger partial charge in [-0.05, 0) is 19.1 Å². The van der Waals surface area contributed by atoms with Crippen molar-refractivity contribution in [1.29, 1.82) is 0 Å². The summed E-state index contributed by atoms with van der Waals surface area (Å²) >= 11 is 1.46. The molecule has 2 aromatic heterocycles. The van der Waals surface area contributed by atoms with Crippen molar-refractivity contribution in [2.24, 2.45) is 0 Å². The van der Waals surface area contributed by atoms with Crippen molar-refractivity contribution in [2.75, 3.05) is 42.9 Å². The van der Waals surface area contributed by atoms with E-state index in [2.05, 4.69) is 25.1 Å². The third kappa shape index (κ3) is 3.80. The van der Waals surface area contributed by atoms with E-state index >= 15 is 0 Å². The number of carbonyl (C=O) groups is 1. The third-order valence-electron chi connectivity index (χ3n) is 3.58. The van der Waals surface area contributed by atoms with E-state index in [0.29, 0.717) is 11.7 Å². The molecule has 0 saturated carbocycles. The van der Waals surface area contributed by atoms with E-state index in [1.807, 2.05) is 36.7 Å². The summed E-state index contributed by atoms with van der Waals surface area (Å²) in [5, 5.41) is 5.46. The first kappa shape index (κ1) is 14.9. The maximum absolute atomic E-state index is 12.0. The second kappa shape index (κ2) is 6.85. The second-order valence-corrected chi connectivity index (χ2v) is 6.15. The molecular formula is C15H19N5OS. The van der Waals surface area contributed by atoms with Crippen LogP contribution in [0.25, 0.3) is 0 Å². The number of thiazole rings is 1. The van der Waals surface area contributed by atoms with Gasteiger partial charge in [0.15, 0.2) is 5.13 Å². The first-order valence-electron chi connectivity index (χ1n) is 7.31. The van der Waals surface area contributed by atoms with Gasteiger partial charge in [0.2, 0.25) is 5.91 Å². The van der Waals surface area contributed by atoms with Crippen molar-refractivity contribution in [3.8, 4) is 0 Å². The fraction of sp³-hybridized carbons (Fsp3) is 0.400. The average molecular weight is 317 g/mol. The van der Waals surface area contributed by atoms with Crippen molar-refractivity contribution >= 4 is 28.2 Å². The Labute approximate surface area is 133 Å². The lowest BCUT2D eigenvalue weighted by Gasteiger charge is -2.34. The lowest BCUT2D eigenvalue weighted by molar-refractivity contribution is -0.117. The molecule has 0 radical (unpaired) electrons. The number of nitrogens with one attached hydrogen (secondary N) is 1. The topological polar surface area (TPSA) is 61.4 Å². The van der Waals surface area contributed by atoms with Gasteiger partial charge in [-0.2, -0.15) is 0 Å². The smallest absolute Gasteiger partial charge is 0.240 e. The molecule has 116 valence electrons. The van der Waals surface area contributed by atoms with Crippen LogP contribution in [0.5, 0.6) is 0 Å². The molecule has 1 amide bonds. The summed E-state index contributed by atoms with van der Waals surface area (Å²) < 4.78 is 0. The Kier molecular flexibility index (Phi) is 4.65. The van der Waals surface area contributed by atoms with Gasteiger partial charge in [-0.3, -0.25) is 9.69 Å². The molecule has 0 aliphatic carbocycles. The molecule has 7 heteroatoms. The monoisotopic (exact) mass is 317 g/mol. The molecular weight excluding hydrogens is 298 g/mol. The number of amides is 1. The maximum atomic E-state index is 12.0. The molecule has 0 unspecified atom stereocenters. The van der Waals surface area contributed by atoms with E-state index in [1.54, 1.807) is 0 Å². The molecule has 3 rings (SSSR count). The molecule has 1 aliphatic rings. The Bertz CT molecular complexity index is 622. The molecule has 0 aromatic carbocycles. The number of hydrogen-bond acceptors (Lipinski definition) is 6. The summed E-state index contributed by atoms with van der Waals surface area (Å²) in [6.45, 7) is 5.83. The van der Waals surface area contributed by atoms with Crippen LogP contribution in [0.4, 0.5) is 10.9 Å². The van der Waals surface area contributed by atoms with Gasteiger partial charge in [0.25, 0.3) is 0 Å². The molecule has 3 heterocycles. The Morgan fingerprint density at radius 1 is 1.32 bits per heavy atom. The van der Waals surface area contributed by atoms with Crippen LogP contribution in [0.2, 0.25) is 0 Å². The summed E-state index contributed by atoms with van der Waals surface area (Å²) in [5.41, 5.74) is 0.935. The minimum atomic E-state index is 0.000589. The summed E-state index contributed by atoms with van der Waals surface area (Å²) in [6, 6.07) is 5.94. The third-order valence-corrected chi connectivity index (χ3v) is 4.45. The van der Waals surface area contributed by atoms with Gasteiger partial charge in [-0.15, -0.1) is 11.3 Å². The number of carbonyl (C=O) groups excluding carboxylic acids is 1. The number of pyridine rings is 1. The standard InChI is InChI=1S/C15H19N5OS/c1-12-11-22-15(17-12)18-14(21)10-19-6-8-20(9-7-19)13-4-2-3-5-16-13/h2-5,11H,6-10H2,1H3,(H,17,18,21). The summed E-state index contributed by atoms with van der Waals surface area (Å²) in [6.07, 6.45) is 1.81. The zero-order valence-corrected chi connectivity index (χ0v) is 13.3. The first-order valence-corrected chi connectivity index (χ1v) is 8.19. The van der Waals surface area contributed by atoms with Crippen molar-refractivity contribution in [2.45, 2.75) is 6.92 Å². The number of anilines is 2. The second-order valence-electron chi connectivity index (χ2n) is 5.29. The van der Waals surface area contributed by atoms with Gasteiger partial charge >= 0.3 is 0 Å². The van der Waals surface area contributed by atoms with Crippen LogP contribution in [-0.4, -0.2) is 53.5 Å². The van der Waals surface area contributed by atoms with E-state index in [-0.39, 0.29) is 5.91 Å². The predicted molar refractivity (Wildman–Crippen MR) is 88.4 cm³/mol. The van der Waals surface area contributed by atoms with Gasteiger partial charge in [0.05, 0.1) is 12.2 Å². The summed E-state index contributed by atoms with van der Waals surface area (Å²) in [5.74, 6) is 1.01. The van der Waals surface area contributed by atoms with Gasteiger partial charge in [-0.1, -0.05) is 6.07 Å². The van der Waals surface area contributed by atoms with E-state index in [1.165, 1.54) is 11.3 Å². The van der Waals surface area contributed by atoms with Crippen LogP contribution in [0.1, 0.15) is 5.69 Å². The lowest BCUT2D eigenvalue weighted by Crippen LogP contribution is -2.48. The minimum absolute atomic E-state index is 0.000589. The molecule has 1 saturated heterocycles. The molecule has 2 aromatic rings. The molecule has 1 fully saturated rings. The summed E-state index contributed by atoms with van der Waals surface area (Å²) in [7, 11) is 0. The van der Waals surface area contributed by atoms with Crippen molar-refractivity contribution in [1.82, 2.24) is 14.9 Å². The Balaban J connectivity index is 1.46. The molecule has 0 bridgehead atoms. The normalized spacial score (nSPS) is 15.8. The van der Waals surface area contributed by atoms with Gasteiger partial charge in [0, 0.05) is 37.8 Å². The highest BCUT2D eigenvalue weighted by Gasteiger charge is 2.20. The van der Waals surface area contributed by atoms with E-state index in [0.717, 1.165) is 37.7 Å². The lowest BCUT2D eigenvalue weighted by atomic mass is 10.3. The van der Waals surface area contributed by atoms with Crippen LogP contribution in [0.15, 0.2) is 29.8 Å². The average Bonchev–Trinajstić information content (AvgIpc) is 2.94. The maximum Gasteiger partial charge on any atom is 0.240 e. The van der Waals surface area contributed by atoms with Gasteiger partial charge in [-0.25, -0.2) is 9.97 Å². The number of piperazine rings is 1. The van der Waals surface area contributed by atoms with E-state index in [4.69, 9.17) is 0 Å². The quantitative estimate of drug-likeness (QED) is 0.928. The van der Waals surface area contributed by atoms with Crippen molar-refractivity contribution in [3.05, 3.63) is 35.5 Å². The predicted octanol–water partition coefficient (Wildman–Crippen LogP) is 1.61. The molecule has 1 N–H and O–H groups in total. The fourth-order valence-corrected chi connectivity index (χ4v) is 3.15. The summed E-state index contributed by atoms with van der Waals surface area (Å²) in [4.78, 5) is 25.1. The Morgan fingerprint density at radius 2 is 2.14 bits per heavy atom. The number of aromatic nitrogens is 2. The molecule has 0 atom stereocenters. The van der Waals surface area contributed by atoms with Crippen LogP contribution in [0.3, 0.4) is 0 Å². The zero-order valence-electron chi connectivity index (χ0n) is 12.5. The highest BCUT2D eigenvalue weighted by Crippen LogP contribution is 2.15. The van der Waals surface area contributed by atoms with Crippen molar-refractivity contribution in [3.63, 3.8) is 0 Å². The van der Waals surface area contributed by atoms with Crippen LogP contribution in [0, 0.1) is 6.92 Å². The highest BCUT2D eigenvalue weighted by atomic mass is 32.1. The fourth-order valence-electron chi connectivity index (χ4n) is 2.45.